The number of nitrogens with zero attached hydrogens (tertiary/aromatic N) is 4. The number of hydrogen-bond acceptors (Lipinski definition) is 4. The Hall–Kier alpha value is -2.85. The average molecular weight is 276 g/mol. The fraction of sp³-hybridized carbons (Fsp3) is 0.235. The highest BCUT2D eigenvalue weighted by Gasteiger charge is 2.12. The Morgan fingerprint density at radius 2 is 1.76 bits per heavy atom. The van der Waals surface area contributed by atoms with E-state index in [1.165, 1.54) is 0 Å². The summed E-state index contributed by atoms with van der Waals surface area (Å²) in [6.07, 6.45) is 0. The third-order valence-electron chi connectivity index (χ3n) is 3.33. The van der Waals surface area contributed by atoms with Gasteiger partial charge in [0.15, 0.2) is 0 Å². The van der Waals surface area contributed by atoms with E-state index in [2.05, 4.69) is 17.1 Å². The summed E-state index contributed by atoms with van der Waals surface area (Å²) >= 11 is 0. The lowest BCUT2D eigenvalue weighted by molar-refractivity contribution is 0.911. The van der Waals surface area contributed by atoms with E-state index in [-0.39, 0.29) is 0 Å². The quantitative estimate of drug-likeness (QED) is 0.864. The first-order valence-corrected chi connectivity index (χ1v) is 6.63. The third kappa shape index (κ3) is 3.19. The fourth-order valence-electron chi connectivity index (χ4n) is 2.29. The molecule has 2 aromatic rings. The number of benzene rings is 1. The van der Waals surface area contributed by atoms with Crippen LogP contribution in [-0.2, 0) is 6.54 Å². The van der Waals surface area contributed by atoms with Crippen molar-refractivity contribution in [2.75, 3.05) is 11.9 Å². The van der Waals surface area contributed by atoms with Gasteiger partial charge in [-0.25, -0.2) is 0 Å². The van der Waals surface area contributed by atoms with Crippen LogP contribution in [0.15, 0.2) is 30.3 Å². The minimum Gasteiger partial charge on any atom is -0.369 e. The first-order valence-electron chi connectivity index (χ1n) is 6.63. The molecule has 0 saturated carbocycles. The molecular formula is C17H16N4. The Kier molecular flexibility index (Phi) is 4.21. The van der Waals surface area contributed by atoms with Crippen LogP contribution in [0.2, 0.25) is 0 Å². The van der Waals surface area contributed by atoms with Crippen molar-refractivity contribution >= 4 is 5.69 Å². The van der Waals surface area contributed by atoms with E-state index in [0.29, 0.717) is 17.7 Å². The zero-order valence-electron chi connectivity index (χ0n) is 12.4. The lowest BCUT2D eigenvalue weighted by Crippen LogP contribution is -2.18. The van der Waals surface area contributed by atoms with Crippen LogP contribution in [0, 0.1) is 36.5 Å². The van der Waals surface area contributed by atoms with Gasteiger partial charge in [-0.05, 0) is 37.6 Å². The Labute approximate surface area is 124 Å². The molecule has 4 nitrogen and oxygen atoms in total. The van der Waals surface area contributed by atoms with Crippen molar-refractivity contribution in [3.8, 4) is 12.1 Å². The van der Waals surface area contributed by atoms with Crippen molar-refractivity contribution in [2.24, 2.45) is 0 Å². The van der Waals surface area contributed by atoms with E-state index in [0.717, 1.165) is 22.6 Å². The molecule has 0 radical (unpaired) electrons. The molecule has 0 atom stereocenters. The SMILES string of the molecule is Cc1cc(N(C)Cc2ccc(C#N)cc2)c(C#N)c(C)n1. The molecule has 1 aromatic carbocycles. The monoisotopic (exact) mass is 276 g/mol. The van der Waals surface area contributed by atoms with Crippen LogP contribution >= 0.6 is 0 Å². The molecule has 1 heterocycles. The van der Waals surface area contributed by atoms with E-state index in [9.17, 15) is 5.26 Å². The number of rotatable bonds is 3. The second-order valence-electron chi connectivity index (χ2n) is 5.02. The maximum atomic E-state index is 9.32. The van der Waals surface area contributed by atoms with Crippen LogP contribution < -0.4 is 4.90 Å². The highest BCUT2D eigenvalue weighted by molar-refractivity contribution is 5.61. The molecule has 0 fully saturated rings. The van der Waals surface area contributed by atoms with Gasteiger partial charge in [0.2, 0.25) is 0 Å². The number of nitriles is 2. The highest BCUT2D eigenvalue weighted by Crippen LogP contribution is 2.23. The smallest absolute Gasteiger partial charge is 0.103 e. The largest absolute Gasteiger partial charge is 0.369 e. The topological polar surface area (TPSA) is 63.7 Å². The molecule has 2 rings (SSSR count). The van der Waals surface area contributed by atoms with Crippen LogP contribution in [0.5, 0.6) is 0 Å². The summed E-state index contributed by atoms with van der Waals surface area (Å²) in [4.78, 5) is 6.36. The molecule has 0 amide bonds. The lowest BCUT2D eigenvalue weighted by atomic mass is 10.1. The predicted molar refractivity (Wildman–Crippen MR) is 81.7 cm³/mol. The van der Waals surface area contributed by atoms with Crippen LogP contribution in [0.3, 0.4) is 0 Å². The Morgan fingerprint density at radius 1 is 1.10 bits per heavy atom. The molecular weight excluding hydrogens is 260 g/mol. The Balaban J connectivity index is 2.30. The van der Waals surface area contributed by atoms with Gasteiger partial charge >= 0.3 is 0 Å². The van der Waals surface area contributed by atoms with Gasteiger partial charge < -0.3 is 4.90 Å². The lowest BCUT2D eigenvalue weighted by Gasteiger charge is -2.22. The van der Waals surface area contributed by atoms with E-state index in [4.69, 9.17) is 5.26 Å². The van der Waals surface area contributed by atoms with E-state index >= 15 is 0 Å². The molecule has 21 heavy (non-hydrogen) atoms. The van der Waals surface area contributed by atoms with Gasteiger partial charge in [-0.2, -0.15) is 10.5 Å². The average Bonchev–Trinajstić information content (AvgIpc) is 2.47. The molecule has 0 aliphatic carbocycles. The summed E-state index contributed by atoms with van der Waals surface area (Å²) in [6, 6.07) is 13.7. The zero-order valence-corrected chi connectivity index (χ0v) is 12.4. The van der Waals surface area contributed by atoms with E-state index in [1.54, 1.807) is 12.1 Å². The summed E-state index contributed by atoms with van der Waals surface area (Å²) in [7, 11) is 1.95. The van der Waals surface area contributed by atoms with Gasteiger partial charge in [-0.15, -0.1) is 0 Å². The van der Waals surface area contributed by atoms with Gasteiger partial charge in [0.1, 0.15) is 6.07 Å². The number of hydrogen-bond donors (Lipinski definition) is 0. The first-order chi connectivity index (χ1) is 10.0. The van der Waals surface area contributed by atoms with Crippen LogP contribution in [0.4, 0.5) is 5.69 Å². The van der Waals surface area contributed by atoms with Gasteiger partial charge in [-0.3, -0.25) is 4.98 Å². The molecule has 0 aliphatic rings. The summed E-state index contributed by atoms with van der Waals surface area (Å²) in [5, 5.41) is 18.1. The minimum atomic E-state index is 0.608. The standard InChI is InChI=1S/C17H16N4/c1-12-8-17(16(10-19)13(2)20-12)21(3)11-15-6-4-14(9-18)5-7-15/h4-8H,11H2,1-3H3. The van der Waals surface area contributed by atoms with Gasteiger partial charge in [0.05, 0.1) is 28.6 Å². The van der Waals surface area contributed by atoms with Crippen molar-refractivity contribution in [2.45, 2.75) is 20.4 Å². The number of anilines is 1. The van der Waals surface area contributed by atoms with Crippen molar-refractivity contribution in [1.29, 1.82) is 10.5 Å². The molecule has 1 aromatic heterocycles. The van der Waals surface area contributed by atoms with Crippen LogP contribution in [-0.4, -0.2) is 12.0 Å². The zero-order chi connectivity index (χ0) is 15.4. The summed E-state index contributed by atoms with van der Waals surface area (Å²) in [6.45, 7) is 4.45. The van der Waals surface area contributed by atoms with Crippen LogP contribution in [0.1, 0.15) is 28.1 Å². The summed E-state index contributed by atoms with van der Waals surface area (Å²) < 4.78 is 0. The summed E-state index contributed by atoms with van der Waals surface area (Å²) in [5.74, 6) is 0. The fourth-order valence-corrected chi connectivity index (χ4v) is 2.29. The molecule has 0 bridgehead atoms. The van der Waals surface area contributed by atoms with Gasteiger partial charge in [0.25, 0.3) is 0 Å². The first kappa shape index (κ1) is 14.6. The van der Waals surface area contributed by atoms with Crippen LogP contribution in [0.25, 0.3) is 0 Å². The molecule has 104 valence electrons. The van der Waals surface area contributed by atoms with Crippen molar-refractivity contribution in [3.63, 3.8) is 0 Å². The second-order valence-corrected chi connectivity index (χ2v) is 5.02. The molecule has 0 saturated heterocycles. The van der Waals surface area contributed by atoms with E-state index < -0.39 is 0 Å². The maximum Gasteiger partial charge on any atom is 0.103 e. The highest BCUT2D eigenvalue weighted by atomic mass is 15.1. The van der Waals surface area contributed by atoms with Crippen molar-refractivity contribution in [3.05, 3.63) is 58.4 Å². The van der Waals surface area contributed by atoms with Crippen molar-refractivity contribution < 1.29 is 0 Å². The predicted octanol–water partition coefficient (Wildman–Crippen LogP) is 3.08. The van der Waals surface area contributed by atoms with Gasteiger partial charge in [-0.1, -0.05) is 12.1 Å². The summed E-state index contributed by atoms with van der Waals surface area (Å²) in [5.41, 5.74) is 4.87. The normalized spacial score (nSPS) is 9.76. The second kappa shape index (κ2) is 6.07. The molecule has 0 N–H and O–H groups in total. The maximum absolute atomic E-state index is 9.32. The van der Waals surface area contributed by atoms with Gasteiger partial charge in [0, 0.05) is 19.3 Å². The van der Waals surface area contributed by atoms with Crippen molar-refractivity contribution in [1.82, 2.24) is 4.98 Å². The third-order valence-corrected chi connectivity index (χ3v) is 3.33. The minimum absolute atomic E-state index is 0.608. The van der Waals surface area contributed by atoms with E-state index in [1.807, 2.05) is 44.0 Å². The number of aromatic nitrogens is 1. The number of aryl methyl sites for hydroxylation is 2. The molecule has 0 spiro atoms. The Morgan fingerprint density at radius 3 is 2.33 bits per heavy atom. The number of pyridine rings is 1. The Bertz CT molecular complexity index is 733. The molecule has 0 unspecified atom stereocenters. The molecule has 4 heteroatoms. The molecule has 0 aliphatic heterocycles.